The highest BCUT2D eigenvalue weighted by Gasteiger charge is 1.63. The third-order valence-corrected chi connectivity index (χ3v) is 0.875. The minimum Gasteiger partial charge on any atom is -0.394 e. The van der Waals surface area contributed by atoms with Crippen molar-refractivity contribution in [2.24, 2.45) is 0 Å². The van der Waals surface area contributed by atoms with Crippen molar-refractivity contribution in [1.29, 1.82) is 0 Å². The molecule has 2 N–H and O–H groups in total. The summed E-state index contributed by atoms with van der Waals surface area (Å²) < 4.78 is 0.769. The molecule has 0 fully saturated rings. The van der Waals surface area contributed by atoms with Gasteiger partial charge < -0.3 is 10.2 Å². The van der Waals surface area contributed by atoms with Gasteiger partial charge in [0.15, 0.2) is 0 Å². The molecule has 2 nitrogen and oxygen atoms in total. The molecule has 0 amide bonds. The molecule has 0 rings (SSSR count). The predicted octanol–water partition coefficient (Wildman–Crippen LogP) is 0.678. The smallest absolute Gasteiger partial charge is 0.0662 e. The molecule has 0 atom stereocenters. The number of aliphatic hydroxyl groups excluding tert-OH is 2. The fraction of sp³-hybridized carbons (Fsp3) is 0.600. The summed E-state index contributed by atoms with van der Waals surface area (Å²) in [5.41, 5.74) is 0. The molecule has 0 saturated carbocycles. The molecule has 0 bridgehead atoms. The van der Waals surface area contributed by atoms with Crippen molar-refractivity contribution in [1.82, 2.24) is 0 Å². The van der Waals surface area contributed by atoms with Crippen molar-refractivity contribution in [3.63, 3.8) is 0 Å². The van der Waals surface area contributed by atoms with Crippen LogP contribution in [0.4, 0.5) is 0 Å². The van der Waals surface area contributed by atoms with Gasteiger partial charge >= 0.3 is 0 Å². The van der Waals surface area contributed by atoms with E-state index in [1.54, 1.807) is 0 Å². The van der Waals surface area contributed by atoms with Crippen LogP contribution in [0.3, 0.4) is 0 Å². The van der Waals surface area contributed by atoms with Gasteiger partial charge in [-0.05, 0) is 6.92 Å². The molecule has 0 aromatic rings. The monoisotopic (exact) mass is 168 g/mol. The number of thiol groups is 2. The standard InChI is InChI=1S/C3H6S2.C2H6O2/c1-2-3(4)5;3-1-2-4/h2,4-5H,1H3;3-4H,1-2H2. The summed E-state index contributed by atoms with van der Waals surface area (Å²) in [4.78, 5) is 0. The molecular weight excluding hydrogens is 156 g/mol. The van der Waals surface area contributed by atoms with Crippen LogP contribution in [0.1, 0.15) is 6.92 Å². The van der Waals surface area contributed by atoms with Gasteiger partial charge in [0.25, 0.3) is 0 Å². The molecule has 0 aliphatic rings. The van der Waals surface area contributed by atoms with Crippen LogP contribution < -0.4 is 0 Å². The number of rotatable bonds is 1. The maximum Gasteiger partial charge on any atom is 0.0662 e. The third-order valence-electron chi connectivity index (χ3n) is 0.358. The van der Waals surface area contributed by atoms with Crippen LogP contribution in [0.25, 0.3) is 0 Å². The summed E-state index contributed by atoms with van der Waals surface area (Å²) in [6.45, 7) is 1.63. The zero-order valence-electron chi connectivity index (χ0n) is 5.28. The lowest BCUT2D eigenvalue weighted by atomic mass is 10.8. The van der Waals surface area contributed by atoms with Gasteiger partial charge in [0.2, 0.25) is 0 Å². The van der Waals surface area contributed by atoms with Crippen molar-refractivity contribution in [2.45, 2.75) is 6.92 Å². The Balaban J connectivity index is 0. The maximum absolute atomic E-state index is 7.62. The molecule has 56 valence electrons. The molecular formula is C5H12O2S2. The summed E-state index contributed by atoms with van der Waals surface area (Å²) in [6, 6.07) is 0. The summed E-state index contributed by atoms with van der Waals surface area (Å²) in [5, 5.41) is 15.2. The van der Waals surface area contributed by atoms with Crippen molar-refractivity contribution in [3.05, 3.63) is 10.3 Å². The lowest BCUT2D eigenvalue weighted by Gasteiger charge is -1.71. The first kappa shape index (κ1) is 12.1. The second kappa shape index (κ2) is 11.2. The predicted molar refractivity (Wildman–Crippen MR) is 45.9 cm³/mol. The van der Waals surface area contributed by atoms with Crippen LogP contribution in [0, 0.1) is 0 Å². The van der Waals surface area contributed by atoms with Crippen molar-refractivity contribution >= 4 is 25.3 Å². The zero-order chi connectivity index (χ0) is 7.70. The van der Waals surface area contributed by atoms with Crippen molar-refractivity contribution in [3.8, 4) is 0 Å². The minimum absolute atomic E-state index is 0.125. The second-order valence-electron chi connectivity index (χ2n) is 1.09. The molecule has 4 heteroatoms. The third kappa shape index (κ3) is 30.0. The van der Waals surface area contributed by atoms with E-state index >= 15 is 0 Å². The molecule has 0 spiro atoms. The average Bonchev–Trinajstić information content (AvgIpc) is 1.89. The largest absolute Gasteiger partial charge is 0.394 e. The van der Waals surface area contributed by atoms with Gasteiger partial charge in [-0.25, -0.2) is 0 Å². The first-order chi connectivity index (χ1) is 4.18. The highest BCUT2D eigenvalue weighted by molar-refractivity contribution is 8.04. The van der Waals surface area contributed by atoms with E-state index in [0.29, 0.717) is 0 Å². The molecule has 0 aliphatic heterocycles. The average molecular weight is 168 g/mol. The van der Waals surface area contributed by atoms with E-state index in [1.165, 1.54) is 0 Å². The Morgan fingerprint density at radius 2 is 1.56 bits per heavy atom. The summed E-state index contributed by atoms with van der Waals surface area (Å²) in [7, 11) is 0. The Bertz CT molecular complexity index is 67.4. The van der Waals surface area contributed by atoms with Crippen LogP contribution in [0.5, 0.6) is 0 Å². The van der Waals surface area contributed by atoms with E-state index in [0.717, 1.165) is 4.24 Å². The molecule has 0 radical (unpaired) electrons. The van der Waals surface area contributed by atoms with Crippen molar-refractivity contribution < 1.29 is 10.2 Å². The Morgan fingerprint density at radius 1 is 1.33 bits per heavy atom. The van der Waals surface area contributed by atoms with Gasteiger partial charge in [-0.3, -0.25) is 0 Å². The van der Waals surface area contributed by atoms with Crippen LogP contribution in [-0.4, -0.2) is 23.4 Å². The molecule has 0 saturated heterocycles. The maximum atomic E-state index is 7.62. The quantitative estimate of drug-likeness (QED) is 0.435. The van der Waals surface area contributed by atoms with Gasteiger partial charge in [0, 0.05) is 4.24 Å². The van der Waals surface area contributed by atoms with Crippen LogP contribution >= 0.6 is 25.3 Å². The van der Waals surface area contributed by atoms with Crippen LogP contribution in [-0.2, 0) is 0 Å². The number of hydrogen-bond donors (Lipinski definition) is 4. The topological polar surface area (TPSA) is 40.5 Å². The van der Waals surface area contributed by atoms with Crippen molar-refractivity contribution in [2.75, 3.05) is 13.2 Å². The fourth-order valence-corrected chi connectivity index (χ4v) is 0. The molecule has 0 heterocycles. The fourth-order valence-electron chi connectivity index (χ4n) is 0. The van der Waals surface area contributed by atoms with Gasteiger partial charge in [-0.15, -0.1) is 25.3 Å². The minimum atomic E-state index is -0.125. The highest BCUT2D eigenvalue weighted by atomic mass is 32.2. The van der Waals surface area contributed by atoms with E-state index in [1.807, 2.05) is 13.0 Å². The van der Waals surface area contributed by atoms with Gasteiger partial charge in [0.05, 0.1) is 13.2 Å². The van der Waals surface area contributed by atoms with Gasteiger partial charge in [-0.1, -0.05) is 6.08 Å². The van der Waals surface area contributed by atoms with E-state index in [-0.39, 0.29) is 13.2 Å². The molecule has 0 aromatic heterocycles. The Morgan fingerprint density at radius 3 is 1.56 bits per heavy atom. The first-order valence-corrected chi connectivity index (χ1v) is 3.34. The van der Waals surface area contributed by atoms with E-state index in [2.05, 4.69) is 25.3 Å². The number of allylic oxidation sites excluding steroid dienone is 1. The Labute approximate surface area is 66.4 Å². The molecule has 0 unspecified atom stereocenters. The molecule has 0 aliphatic carbocycles. The normalized spacial score (nSPS) is 7.22. The van der Waals surface area contributed by atoms with Crippen LogP contribution in [0.2, 0.25) is 0 Å². The van der Waals surface area contributed by atoms with Crippen LogP contribution in [0.15, 0.2) is 10.3 Å². The Hall–Kier alpha value is 0.360. The Kier molecular flexibility index (Phi) is 15.0. The lowest BCUT2D eigenvalue weighted by molar-refractivity contribution is 0.186. The molecule has 9 heavy (non-hydrogen) atoms. The summed E-state index contributed by atoms with van der Waals surface area (Å²) in [6.07, 6.45) is 1.81. The first-order valence-electron chi connectivity index (χ1n) is 2.45. The van der Waals surface area contributed by atoms with E-state index in [4.69, 9.17) is 10.2 Å². The van der Waals surface area contributed by atoms with E-state index in [9.17, 15) is 0 Å². The second-order valence-corrected chi connectivity index (χ2v) is 2.41. The zero-order valence-corrected chi connectivity index (χ0v) is 7.07. The molecule has 0 aromatic carbocycles. The summed E-state index contributed by atoms with van der Waals surface area (Å²) in [5.74, 6) is 0. The number of aliphatic hydroxyl groups is 2. The van der Waals surface area contributed by atoms with E-state index < -0.39 is 0 Å². The van der Waals surface area contributed by atoms with Gasteiger partial charge in [-0.2, -0.15) is 0 Å². The lowest BCUT2D eigenvalue weighted by Crippen LogP contribution is -1.85. The van der Waals surface area contributed by atoms with Gasteiger partial charge in [0.1, 0.15) is 0 Å². The SMILES string of the molecule is CC=C(S)S.OCCO. The highest BCUT2D eigenvalue weighted by Crippen LogP contribution is 2.01. The summed E-state index contributed by atoms with van der Waals surface area (Å²) >= 11 is 7.65. The number of hydrogen-bond acceptors (Lipinski definition) is 4.